The van der Waals surface area contributed by atoms with Crippen LogP contribution >= 0.6 is 0 Å². The summed E-state index contributed by atoms with van der Waals surface area (Å²) in [5.74, 6) is 0. The van der Waals surface area contributed by atoms with Crippen LogP contribution in [-0.2, 0) is 0 Å². The Morgan fingerprint density at radius 3 is 3.00 bits per heavy atom. The van der Waals surface area contributed by atoms with E-state index in [1.807, 2.05) is 18.7 Å². The number of aromatic nitrogens is 2. The van der Waals surface area contributed by atoms with E-state index in [0.29, 0.717) is 6.04 Å². The summed E-state index contributed by atoms with van der Waals surface area (Å²) in [6, 6.07) is 0.586. The van der Waals surface area contributed by atoms with E-state index in [2.05, 4.69) is 14.9 Å². The number of nitrogens with zero attached hydrogens (tertiary/aromatic N) is 3. The van der Waals surface area contributed by atoms with E-state index in [0.717, 1.165) is 13.1 Å². The molecule has 1 atom stereocenters. The van der Waals surface area contributed by atoms with E-state index in [1.54, 1.807) is 0 Å². The van der Waals surface area contributed by atoms with Crippen LogP contribution in [0.4, 0.5) is 0 Å². The molecule has 1 aromatic rings. The molecule has 0 spiro atoms. The summed E-state index contributed by atoms with van der Waals surface area (Å²) < 4.78 is 2.14. The van der Waals surface area contributed by atoms with Gasteiger partial charge in [-0.1, -0.05) is 6.42 Å². The maximum absolute atomic E-state index is 4.27. The molecule has 0 aromatic carbocycles. The first-order valence-electron chi connectivity index (χ1n) is 3.57. The van der Waals surface area contributed by atoms with Crippen LogP contribution in [0.2, 0.25) is 0 Å². The van der Waals surface area contributed by atoms with Crippen LogP contribution in [0.1, 0.15) is 12.5 Å². The number of hydrogen-bond acceptors (Lipinski definition) is 1. The molecule has 1 fully saturated rings. The van der Waals surface area contributed by atoms with Gasteiger partial charge in [0.15, 0.2) is 0 Å². The van der Waals surface area contributed by atoms with Gasteiger partial charge in [-0.15, -0.1) is 13.1 Å². The van der Waals surface area contributed by atoms with Gasteiger partial charge >= 0.3 is 51.4 Å². The minimum atomic E-state index is 0. The summed E-state index contributed by atoms with van der Waals surface area (Å²) in [6.07, 6.45) is 6.87. The SMILES string of the molecule is [K+].c1cn(C2CC[N-]C2)cn1. The Morgan fingerprint density at radius 2 is 2.45 bits per heavy atom. The van der Waals surface area contributed by atoms with E-state index in [1.165, 1.54) is 6.42 Å². The molecular weight excluding hydrogens is 165 g/mol. The zero-order valence-electron chi connectivity index (χ0n) is 6.77. The standard InChI is InChI=1S/C7H10N3.K/c1-2-8-5-7(1)10-4-3-9-6-10;/h3-4,6-7H,1-2,5H2;/q-1;+1. The average molecular weight is 175 g/mol. The van der Waals surface area contributed by atoms with Gasteiger partial charge in [-0.25, -0.2) is 4.98 Å². The van der Waals surface area contributed by atoms with Crippen molar-refractivity contribution in [1.29, 1.82) is 0 Å². The fourth-order valence-corrected chi connectivity index (χ4v) is 1.30. The van der Waals surface area contributed by atoms with Crippen molar-refractivity contribution in [1.82, 2.24) is 9.55 Å². The molecule has 11 heavy (non-hydrogen) atoms. The Morgan fingerprint density at radius 1 is 1.55 bits per heavy atom. The second kappa shape index (κ2) is 4.74. The van der Waals surface area contributed by atoms with Gasteiger partial charge in [-0.05, 0) is 0 Å². The van der Waals surface area contributed by atoms with Crippen molar-refractivity contribution in [2.45, 2.75) is 12.5 Å². The van der Waals surface area contributed by atoms with Crippen molar-refractivity contribution in [3.63, 3.8) is 0 Å². The van der Waals surface area contributed by atoms with Gasteiger partial charge in [-0.2, -0.15) is 0 Å². The Labute approximate surface area is 109 Å². The predicted octanol–water partition coefficient (Wildman–Crippen LogP) is -1.79. The molecule has 0 bridgehead atoms. The van der Waals surface area contributed by atoms with Crippen LogP contribution in [0.15, 0.2) is 18.7 Å². The molecule has 1 aliphatic rings. The van der Waals surface area contributed by atoms with E-state index in [-0.39, 0.29) is 51.4 Å². The van der Waals surface area contributed by atoms with Crippen molar-refractivity contribution >= 4 is 0 Å². The molecule has 2 heterocycles. The Kier molecular flexibility index (Phi) is 4.26. The molecule has 0 amide bonds. The molecule has 1 saturated heterocycles. The van der Waals surface area contributed by atoms with Gasteiger partial charge in [0.25, 0.3) is 0 Å². The minimum Gasteiger partial charge on any atom is -0.661 e. The van der Waals surface area contributed by atoms with Crippen molar-refractivity contribution in [2.75, 3.05) is 13.1 Å². The zero-order chi connectivity index (χ0) is 6.81. The molecule has 4 heteroatoms. The molecule has 0 N–H and O–H groups in total. The average Bonchev–Trinajstić information content (AvgIpc) is 2.59. The molecule has 0 radical (unpaired) electrons. The molecule has 54 valence electrons. The zero-order valence-corrected chi connectivity index (χ0v) is 9.90. The van der Waals surface area contributed by atoms with Crippen LogP contribution < -0.4 is 51.4 Å². The van der Waals surface area contributed by atoms with Gasteiger partial charge in [0.05, 0.1) is 6.33 Å². The molecule has 1 aliphatic heterocycles. The summed E-state index contributed by atoms with van der Waals surface area (Å²) in [4.78, 5) is 3.99. The number of rotatable bonds is 1. The fourth-order valence-electron chi connectivity index (χ4n) is 1.30. The maximum Gasteiger partial charge on any atom is 1.00 e. The van der Waals surface area contributed by atoms with Gasteiger partial charge in [-0.3, -0.25) is 0 Å². The van der Waals surface area contributed by atoms with Gasteiger partial charge in [0.2, 0.25) is 0 Å². The fraction of sp³-hybridized carbons (Fsp3) is 0.571. The normalized spacial score (nSPS) is 23.1. The molecule has 0 saturated carbocycles. The molecule has 1 unspecified atom stereocenters. The first-order chi connectivity index (χ1) is 4.97. The van der Waals surface area contributed by atoms with E-state index < -0.39 is 0 Å². The smallest absolute Gasteiger partial charge is 0.661 e. The van der Waals surface area contributed by atoms with Crippen LogP contribution in [-0.4, -0.2) is 22.6 Å². The first kappa shape index (κ1) is 9.89. The Bertz CT molecular complexity index is 191. The number of hydrogen-bond donors (Lipinski definition) is 0. The molecule has 2 rings (SSSR count). The largest absolute Gasteiger partial charge is 1.00 e. The summed E-state index contributed by atoms with van der Waals surface area (Å²) >= 11 is 0. The third-order valence-electron chi connectivity index (χ3n) is 1.91. The third-order valence-corrected chi connectivity index (χ3v) is 1.91. The van der Waals surface area contributed by atoms with Gasteiger partial charge in [0.1, 0.15) is 0 Å². The minimum absolute atomic E-state index is 0. The van der Waals surface area contributed by atoms with Crippen molar-refractivity contribution in [2.24, 2.45) is 0 Å². The molecular formula is C7H10KN3. The Balaban J connectivity index is 0.000000605. The predicted molar refractivity (Wildman–Crippen MR) is 39.0 cm³/mol. The number of imidazole rings is 1. The van der Waals surface area contributed by atoms with E-state index in [4.69, 9.17) is 0 Å². The van der Waals surface area contributed by atoms with Gasteiger partial charge in [0, 0.05) is 18.4 Å². The molecule has 1 aromatic heterocycles. The third kappa shape index (κ3) is 2.37. The summed E-state index contributed by atoms with van der Waals surface area (Å²) in [5, 5.41) is 4.27. The van der Waals surface area contributed by atoms with Crippen LogP contribution in [0.25, 0.3) is 5.32 Å². The van der Waals surface area contributed by atoms with E-state index >= 15 is 0 Å². The van der Waals surface area contributed by atoms with Crippen LogP contribution in [0.3, 0.4) is 0 Å². The first-order valence-corrected chi connectivity index (χ1v) is 3.57. The van der Waals surface area contributed by atoms with Crippen LogP contribution in [0.5, 0.6) is 0 Å². The quantitative estimate of drug-likeness (QED) is 0.464. The summed E-state index contributed by atoms with van der Waals surface area (Å²) in [6.45, 7) is 1.99. The van der Waals surface area contributed by atoms with Crippen LogP contribution in [0, 0.1) is 0 Å². The second-order valence-corrected chi connectivity index (χ2v) is 2.58. The summed E-state index contributed by atoms with van der Waals surface area (Å²) in [7, 11) is 0. The monoisotopic (exact) mass is 175 g/mol. The van der Waals surface area contributed by atoms with Crippen molar-refractivity contribution in [3.8, 4) is 0 Å². The summed E-state index contributed by atoms with van der Waals surface area (Å²) in [5.41, 5.74) is 0. The second-order valence-electron chi connectivity index (χ2n) is 2.58. The molecule has 0 aliphatic carbocycles. The van der Waals surface area contributed by atoms with Crippen molar-refractivity contribution < 1.29 is 51.4 Å². The molecule has 3 nitrogen and oxygen atoms in total. The topological polar surface area (TPSA) is 31.9 Å². The van der Waals surface area contributed by atoms with Crippen molar-refractivity contribution in [3.05, 3.63) is 24.0 Å². The maximum atomic E-state index is 4.27. The van der Waals surface area contributed by atoms with E-state index in [9.17, 15) is 0 Å². The Hall–Kier alpha value is 0.806. The van der Waals surface area contributed by atoms with Gasteiger partial charge < -0.3 is 9.88 Å².